The first kappa shape index (κ1) is 20.3. The predicted molar refractivity (Wildman–Crippen MR) is 114 cm³/mol. The third-order valence-corrected chi connectivity index (χ3v) is 5.14. The van der Waals surface area contributed by atoms with Crippen LogP contribution >= 0.6 is 27.5 Å². The first-order chi connectivity index (χ1) is 14.4. The third kappa shape index (κ3) is 4.29. The summed E-state index contributed by atoms with van der Waals surface area (Å²) < 4.78 is 33.6. The molecule has 9 heteroatoms. The van der Waals surface area contributed by atoms with Gasteiger partial charge in [0.25, 0.3) is 5.91 Å². The summed E-state index contributed by atoms with van der Waals surface area (Å²) in [5.41, 5.74) is 1.27. The highest BCUT2D eigenvalue weighted by Gasteiger charge is 2.14. The number of H-pyrrole nitrogens is 1. The molecule has 0 saturated carbocycles. The molecule has 2 N–H and O–H groups in total. The van der Waals surface area contributed by atoms with Crippen molar-refractivity contribution in [1.29, 1.82) is 0 Å². The van der Waals surface area contributed by atoms with Crippen LogP contribution in [0.15, 0.2) is 59.1 Å². The van der Waals surface area contributed by atoms with Crippen LogP contribution < -0.4 is 10.1 Å². The van der Waals surface area contributed by atoms with Crippen molar-refractivity contribution in [2.45, 2.75) is 6.61 Å². The molecule has 152 valence electrons. The maximum atomic E-state index is 14.0. The van der Waals surface area contributed by atoms with Gasteiger partial charge in [0, 0.05) is 21.0 Å². The Hall–Kier alpha value is -2.97. The van der Waals surface area contributed by atoms with Crippen LogP contribution in [0.1, 0.15) is 15.9 Å². The molecule has 0 spiro atoms. The zero-order valence-electron chi connectivity index (χ0n) is 15.2. The number of carbonyl (C=O) groups is 1. The Labute approximate surface area is 183 Å². The molecule has 1 amide bonds. The van der Waals surface area contributed by atoms with Gasteiger partial charge >= 0.3 is 0 Å². The fraction of sp³-hybridized carbons (Fsp3) is 0.0476. The molecule has 5 nitrogen and oxygen atoms in total. The van der Waals surface area contributed by atoms with Gasteiger partial charge in [-0.15, -0.1) is 0 Å². The Morgan fingerprint density at radius 3 is 2.70 bits per heavy atom. The summed E-state index contributed by atoms with van der Waals surface area (Å²) in [5.74, 6) is -0.724. The maximum Gasteiger partial charge on any atom is 0.256 e. The van der Waals surface area contributed by atoms with Crippen molar-refractivity contribution in [3.05, 3.63) is 86.9 Å². The molecule has 0 fully saturated rings. The Morgan fingerprint density at radius 1 is 1.10 bits per heavy atom. The van der Waals surface area contributed by atoms with Crippen molar-refractivity contribution in [3.8, 4) is 5.75 Å². The normalized spacial score (nSPS) is 10.9. The number of nitrogens with zero attached hydrogens (tertiary/aromatic N) is 1. The first-order valence-corrected chi connectivity index (χ1v) is 9.89. The predicted octanol–water partition coefficient (Wildman–Crippen LogP) is 6.09. The SMILES string of the molecule is O=C(Nc1n[nH]c2ccc(OCc3ccc(Br)cc3F)cc12)c1ccc(F)c(Cl)c1. The van der Waals surface area contributed by atoms with E-state index in [4.69, 9.17) is 16.3 Å². The maximum absolute atomic E-state index is 14.0. The van der Waals surface area contributed by atoms with Gasteiger partial charge < -0.3 is 10.1 Å². The third-order valence-electron chi connectivity index (χ3n) is 4.36. The number of benzene rings is 3. The second-order valence-electron chi connectivity index (χ2n) is 6.39. The van der Waals surface area contributed by atoms with Crippen LogP contribution in [0.4, 0.5) is 14.6 Å². The summed E-state index contributed by atoms with van der Waals surface area (Å²) in [5, 5.41) is 10.0. The Kier molecular flexibility index (Phi) is 5.69. The van der Waals surface area contributed by atoms with E-state index in [2.05, 4.69) is 31.4 Å². The van der Waals surface area contributed by atoms with Gasteiger partial charge in [0.1, 0.15) is 24.0 Å². The summed E-state index contributed by atoms with van der Waals surface area (Å²) in [6.45, 7) is 0.0399. The molecule has 0 radical (unpaired) electrons. The minimum Gasteiger partial charge on any atom is -0.489 e. The number of aromatic amines is 1. The van der Waals surface area contributed by atoms with E-state index in [0.717, 1.165) is 6.07 Å². The minimum atomic E-state index is -0.609. The van der Waals surface area contributed by atoms with E-state index in [1.165, 1.54) is 18.2 Å². The standard InChI is InChI=1S/C21H13BrClF2N3O2/c22-13-3-1-12(18(25)8-13)10-30-14-4-6-19-15(9-14)20(28-27-19)26-21(29)11-2-5-17(24)16(23)7-11/h1-9H,10H2,(H2,26,27,28,29). The van der Waals surface area contributed by atoms with Crippen LogP contribution in [0.3, 0.4) is 0 Å². The van der Waals surface area contributed by atoms with Gasteiger partial charge in [-0.1, -0.05) is 33.6 Å². The van der Waals surface area contributed by atoms with E-state index >= 15 is 0 Å². The van der Waals surface area contributed by atoms with Crippen LogP contribution in [-0.4, -0.2) is 16.1 Å². The molecule has 1 aromatic heterocycles. The lowest BCUT2D eigenvalue weighted by atomic mass is 10.2. The average molecular weight is 493 g/mol. The lowest BCUT2D eigenvalue weighted by Gasteiger charge is -2.08. The molecule has 4 rings (SSSR count). The van der Waals surface area contributed by atoms with Crippen LogP contribution in [0.5, 0.6) is 5.75 Å². The number of nitrogens with one attached hydrogen (secondary N) is 2. The number of rotatable bonds is 5. The average Bonchev–Trinajstić information content (AvgIpc) is 3.11. The van der Waals surface area contributed by atoms with E-state index in [9.17, 15) is 13.6 Å². The zero-order chi connectivity index (χ0) is 21.3. The fourth-order valence-corrected chi connectivity index (χ4v) is 3.31. The molecule has 3 aromatic carbocycles. The Balaban J connectivity index is 1.53. The second-order valence-corrected chi connectivity index (χ2v) is 7.71. The monoisotopic (exact) mass is 491 g/mol. The van der Waals surface area contributed by atoms with Crippen molar-refractivity contribution in [2.75, 3.05) is 5.32 Å². The first-order valence-electron chi connectivity index (χ1n) is 8.72. The second kappa shape index (κ2) is 8.41. The highest BCUT2D eigenvalue weighted by molar-refractivity contribution is 9.10. The number of anilines is 1. The lowest BCUT2D eigenvalue weighted by Crippen LogP contribution is -2.12. The molecule has 1 heterocycles. The molecule has 0 atom stereocenters. The van der Waals surface area contributed by atoms with Gasteiger partial charge in [0.15, 0.2) is 5.82 Å². The molecule has 0 saturated heterocycles. The number of fused-ring (bicyclic) bond motifs is 1. The van der Waals surface area contributed by atoms with Crippen LogP contribution in [0.2, 0.25) is 5.02 Å². The van der Waals surface area contributed by atoms with Crippen molar-refractivity contribution in [3.63, 3.8) is 0 Å². The number of aromatic nitrogens is 2. The molecule has 0 bridgehead atoms. The number of amides is 1. The lowest BCUT2D eigenvalue weighted by molar-refractivity contribution is 0.102. The fourth-order valence-electron chi connectivity index (χ4n) is 2.80. The minimum absolute atomic E-state index is 0.0399. The van der Waals surface area contributed by atoms with Gasteiger partial charge in [0.2, 0.25) is 0 Å². The number of carbonyl (C=O) groups excluding carboxylic acids is 1. The smallest absolute Gasteiger partial charge is 0.256 e. The highest BCUT2D eigenvalue weighted by atomic mass is 79.9. The van der Waals surface area contributed by atoms with Crippen molar-refractivity contribution < 1.29 is 18.3 Å². The van der Waals surface area contributed by atoms with Crippen molar-refractivity contribution in [2.24, 2.45) is 0 Å². The van der Waals surface area contributed by atoms with Gasteiger partial charge in [-0.25, -0.2) is 8.78 Å². The van der Waals surface area contributed by atoms with E-state index in [-0.39, 0.29) is 28.8 Å². The van der Waals surface area contributed by atoms with Crippen molar-refractivity contribution in [1.82, 2.24) is 10.2 Å². The zero-order valence-corrected chi connectivity index (χ0v) is 17.5. The molecule has 0 unspecified atom stereocenters. The van der Waals surface area contributed by atoms with Crippen LogP contribution in [0.25, 0.3) is 10.9 Å². The molecular weight excluding hydrogens is 480 g/mol. The number of hydrogen-bond donors (Lipinski definition) is 2. The number of hydrogen-bond acceptors (Lipinski definition) is 3. The van der Waals surface area contributed by atoms with E-state index in [1.807, 2.05) is 0 Å². The highest BCUT2D eigenvalue weighted by Crippen LogP contribution is 2.27. The molecule has 0 aliphatic heterocycles. The van der Waals surface area contributed by atoms with E-state index in [0.29, 0.717) is 26.7 Å². The quantitative estimate of drug-likeness (QED) is 0.354. The van der Waals surface area contributed by atoms with Gasteiger partial charge in [0.05, 0.1) is 10.5 Å². The molecule has 0 aliphatic rings. The van der Waals surface area contributed by atoms with Crippen LogP contribution in [-0.2, 0) is 6.61 Å². The summed E-state index contributed by atoms with van der Waals surface area (Å²) in [7, 11) is 0. The Bertz CT molecular complexity index is 1260. The summed E-state index contributed by atoms with van der Waals surface area (Å²) in [4.78, 5) is 12.5. The molecule has 30 heavy (non-hydrogen) atoms. The molecule has 0 aliphatic carbocycles. The topological polar surface area (TPSA) is 67.0 Å². The van der Waals surface area contributed by atoms with Gasteiger partial charge in [-0.2, -0.15) is 5.10 Å². The molecule has 4 aromatic rings. The number of ether oxygens (including phenoxy) is 1. The summed E-state index contributed by atoms with van der Waals surface area (Å²) in [6, 6.07) is 13.5. The Morgan fingerprint density at radius 2 is 1.93 bits per heavy atom. The number of halogens is 4. The van der Waals surface area contributed by atoms with E-state index in [1.54, 1.807) is 30.3 Å². The summed E-state index contributed by atoms with van der Waals surface area (Å²) >= 11 is 8.95. The van der Waals surface area contributed by atoms with Gasteiger partial charge in [-0.05, 0) is 48.5 Å². The summed E-state index contributed by atoms with van der Waals surface area (Å²) in [6.07, 6.45) is 0. The van der Waals surface area contributed by atoms with Crippen LogP contribution in [0, 0.1) is 11.6 Å². The molecular formula is C21H13BrClF2N3O2. The van der Waals surface area contributed by atoms with Gasteiger partial charge in [-0.3, -0.25) is 9.89 Å². The largest absolute Gasteiger partial charge is 0.489 e. The van der Waals surface area contributed by atoms with Crippen molar-refractivity contribution >= 4 is 50.2 Å². The van der Waals surface area contributed by atoms with E-state index < -0.39 is 11.7 Å².